The molecule has 0 saturated carbocycles. The summed E-state index contributed by atoms with van der Waals surface area (Å²) in [7, 11) is -3.72. The van der Waals surface area contributed by atoms with Crippen LogP contribution in [-0.2, 0) is 23.0 Å². The number of aromatic nitrogens is 2. The molecule has 0 aliphatic rings. The van der Waals surface area contributed by atoms with Gasteiger partial charge in [-0.15, -0.1) is 0 Å². The van der Waals surface area contributed by atoms with Gasteiger partial charge in [0, 0.05) is 17.5 Å². The zero-order valence-corrected chi connectivity index (χ0v) is 21.4. The third-order valence-electron chi connectivity index (χ3n) is 5.16. The molecule has 0 aliphatic heterocycles. The van der Waals surface area contributed by atoms with E-state index in [9.17, 15) is 18.3 Å². The van der Waals surface area contributed by atoms with Gasteiger partial charge in [0.2, 0.25) is 10.0 Å². The number of carbonyl (C=O) groups is 1. The lowest BCUT2D eigenvalue weighted by atomic mass is 10.0. The van der Waals surface area contributed by atoms with Crippen LogP contribution in [0, 0.1) is 0 Å². The highest BCUT2D eigenvalue weighted by Gasteiger charge is 2.25. The quantitative estimate of drug-likeness (QED) is 0.408. The maximum absolute atomic E-state index is 13.0. The number of unbranched alkanes of at least 4 members (excludes halogenated alkanes) is 1. The second kappa shape index (κ2) is 10.3. The number of benzene rings is 2. The number of imidazole rings is 1. The largest absolute Gasteiger partial charge is 0.476 e. The fourth-order valence-corrected chi connectivity index (χ4v) is 5.60. The number of aryl methyl sites for hydroxylation is 1. The molecule has 9 heteroatoms. The Hall–Kier alpha value is -2.68. The second-order valence-corrected chi connectivity index (χ2v) is 11.2. The SMILES string of the molecule is CCCCc1nc(C(=O)O)c(Cl)n1Cc1ccc(-c2ccccc2S(=O)(=O)NC(C)(C)C)cc1. The summed E-state index contributed by atoms with van der Waals surface area (Å²) in [6.07, 6.45) is 2.46. The van der Waals surface area contributed by atoms with Crippen LogP contribution >= 0.6 is 11.6 Å². The van der Waals surface area contributed by atoms with Crippen molar-refractivity contribution in [1.29, 1.82) is 0 Å². The molecule has 0 radical (unpaired) electrons. The summed E-state index contributed by atoms with van der Waals surface area (Å²) in [5.41, 5.74) is 1.50. The van der Waals surface area contributed by atoms with Gasteiger partial charge in [0.05, 0.1) is 11.4 Å². The first kappa shape index (κ1) is 25.9. The van der Waals surface area contributed by atoms with Gasteiger partial charge in [-0.25, -0.2) is 22.9 Å². The molecule has 1 heterocycles. The van der Waals surface area contributed by atoms with Crippen molar-refractivity contribution in [2.24, 2.45) is 0 Å². The fourth-order valence-electron chi connectivity index (χ4n) is 3.67. The van der Waals surface area contributed by atoms with E-state index in [-0.39, 0.29) is 15.7 Å². The molecule has 0 spiro atoms. The minimum absolute atomic E-state index is 0.104. The first-order valence-corrected chi connectivity index (χ1v) is 13.0. The number of aromatic carboxylic acids is 1. The van der Waals surface area contributed by atoms with Gasteiger partial charge in [0.25, 0.3) is 0 Å². The van der Waals surface area contributed by atoms with Crippen LogP contribution in [-0.4, -0.2) is 34.6 Å². The molecule has 2 N–H and O–H groups in total. The Bertz CT molecular complexity index is 1280. The van der Waals surface area contributed by atoms with Gasteiger partial charge < -0.3 is 9.67 Å². The van der Waals surface area contributed by atoms with Gasteiger partial charge in [-0.1, -0.05) is 67.4 Å². The third-order valence-corrected chi connectivity index (χ3v) is 7.36. The maximum atomic E-state index is 13.0. The highest BCUT2D eigenvalue weighted by Crippen LogP contribution is 2.29. The van der Waals surface area contributed by atoms with Crippen LogP contribution in [0.2, 0.25) is 5.15 Å². The number of hydrogen-bond acceptors (Lipinski definition) is 4. The summed E-state index contributed by atoms with van der Waals surface area (Å²) in [5.74, 6) is -0.517. The number of nitrogens with one attached hydrogen (secondary N) is 1. The molecule has 34 heavy (non-hydrogen) atoms. The van der Waals surface area contributed by atoms with Crippen LogP contribution in [0.15, 0.2) is 53.4 Å². The van der Waals surface area contributed by atoms with E-state index >= 15 is 0 Å². The number of nitrogens with zero attached hydrogens (tertiary/aromatic N) is 2. The number of hydrogen-bond donors (Lipinski definition) is 2. The lowest BCUT2D eigenvalue weighted by Crippen LogP contribution is -2.40. The molecule has 3 aromatic rings. The first-order valence-electron chi connectivity index (χ1n) is 11.1. The maximum Gasteiger partial charge on any atom is 0.357 e. The summed E-state index contributed by atoms with van der Waals surface area (Å²) in [5, 5.41) is 9.51. The molecule has 0 saturated heterocycles. The van der Waals surface area contributed by atoms with Gasteiger partial charge in [-0.05, 0) is 44.4 Å². The summed E-state index contributed by atoms with van der Waals surface area (Å²) < 4.78 is 30.4. The average Bonchev–Trinajstić information content (AvgIpc) is 3.07. The van der Waals surface area contributed by atoms with Crippen molar-refractivity contribution in [2.75, 3.05) is 0 Å². The molecule has 2 aromatic carbocycles. The van der Waals surface area contributed by atoms with Crippen molar-refractivity contribution >= 4 is 27.6 Å². The Kier molecular flexibility index (Phi) is 7.85. The first-order chi connectivity index (χ1) is 15.9. The molecule has 3 rings (SSSR count). The van der Waals surface area contributed by atoms with Gasteiger partial charge in [-0.3, -0.25) is 0 Å². The van der Waals surface area contributed by atoms with Crippen molar-refractivity contribution in [3.63, 3.8) is 0 Å². The van der Waals surface area contributed by atoms with E-state index in [0.717, 1.165) is 24.0 Å². The standard InChI is InChI=1S/C25H30ClN3O4S/c1-5-6-11-21-27-22(24(30)31)23(26)29(21)16-17-12-14-18(15-13-17)19-9-7-8-10-20(19)34(32,33)28-25(2,3)4/h7-10,12-15,28H,5-6,11,16H2,1-4H3,(H,30,31). The Labute approximate surface area is 205 Å². The third kappa shape index (κ3) is 6.05. The van der Waals surface area contributed by atoms with Crippen molar-refractivity contribution in [3.05, 3.63) is 70.8 Å². The van der Waals surface area contributed by atoms with Crippen molar-refractivity contribution < 1.29 is 18.3 Å². The van der Waals surface area contributed by atoms with Gasteiger partial charge >= 0.3 is 5.97 Å². The topological polar surface area (TPSA) is 101 Å². The molecule has 7 nitrogen and oxygen atoms in total. The summed E-state index contributed by atoms with van der Waals surface area (Å²) in [4.78, 5) is 15.9. The molecule has 182 valence electrons. The molecule has 0 atom stereocenters. The highest BCUT2D eigenvalue weighted by molar-refractivity contribution is 7.89. The van der Waals surface area contributed by atoms with Crippen LogP contribution in [0.25, 0.3) is 11.1 Å². The Morgan fingerprint density at radius 3 is 2.35 bits per heavy atom. The monoisotopic (exact) mass is 503 g/mol. The molecular formula is C25H30ClN3O4S. The summed E-state index contributed by atoms with van der Waals surface area (Å²) in [6.45, 7) is 7.82. The predicted octanol–water partition coefficient (Wildman–Crippen LogP) is 5.37. The van der Waals surface area contributed by atoms with Crippen LogP contribution in [0.3, 0.4) is 0 Å². The number of halogens is 1. The number of sulfonamides is 1. The molecule has 0 amide bonds. The lowest BCUT2D eigenvalue weighted by Gasteiger charge is -2.21. The predicted molar refractivity (Wildman–Crippen MR) is 134 cm³/mol. The van der Waals surface area contributed by atoms with Crippen LogP contribution < -0.4 is 4.72 Å². The summed E-state index contributed by atoms with van der Waals surface area (Å²) >= 11 is 6.35. The number of rotatable bonds is 9. The molecular weight excluding hydrogens is 474 g/mol. The van der Waals surface area contributed by atoms with E-state index in [2.05, 4.69) is 16.6 Å². The number of carboxylic acid groups (broad SMARTS) is 1. The van der Waals surface area contributed by atoms with Crippen LogP contribution in [0.4, 0.5) is 0 Å². The van der Waals surface area contributed by atoms with E-state index in [0.29, 0.717) is 24.4 Å². The van der Waals surface area contributed by atoms with Gasteiger partial charge in [0.15, 0.2) is 5.69 Å². The highest BCUT2D eigenvalue weighted by atomic mass is 35.5. The Morgan fingerprint density at radius 2 is 1.76 bits per heavy atom. The Morgan fingerprint density at radius 1 is 1.12 bits per heavy atom. The van der Waals surface area contributed by atoms with Crippen molar-refractivity contribution in [3.8, 4) is 11.1 Å². The molecule has 0 fully saturated rings. The molecule has 0 unspecified atom stereocenters. The van der Waals surface area contributed by atoms with E-state index < -0.39 is 21.5 Å². The minimum Gasteiger partial charge on any atom is -0.476 e. The van der Waals surface area contributed by atoms with Crippen LogP contribution in [0.1, 0.15) is 62.4 Å². The zero-order valence-electron chi connectivity index (χ0n) is 19.8. The number of carboxylic acids is 1. The summed E-state index contributed by atoms with van der Waals surface area (Å²) in [6, 6.07) is 14.4. The second-order valence-electron chi connectivity index (χ2n) is 9.21. The van der Waals surface area contributed by atoms with Gasteiger partial charge in [-0.2, -0.15) is 0 Å². The van der Waals surface area contributed by atoms with E-state index in [1.807, 2.05) is 24.3 Å². The van der Waals surface area contributed by atoms with E-state index in [4.69, 9.17) is 11.6 Å². The molecule has 0 bridgehead atoms. The van der Waals surface area contributed by atoms with E-state index in [1.54, 1.807) is 49.6 Å². The minimum atomic E-state index is -3.72. The normalized spacial score (nSPS) is 12.1. The molecule has 1 aromatic heterocycles. The Balaban J connectivity index is 1.93. The van der Waals surface area contributed by atoms with Crippen molar-refractivity contribution in [1.82, 2.24) is 14.3 Å². The van der Waals surface area contributed by atoms with Crippen LogP contribution in [0.5, 0.6) is 0 Å². The molecule has 0 aliphatic carbocycles. The van der Waals surface area contributed by atoms with E-state index in [1.165, 1.54) is 0 Å². The van der Waals surface area contributed by atoms with Crippen molar-refractivity contribution in [2.45, 2.75) is 63.9 Å². The lowest BCUT2D eigenvalue weighted by molar-refractivity contribution is 0.0691. The fraction of sp³-hybridized carbons (Fsp3) is 0.360. The smallest absolute Gasteiger partial charge is 0.357 e. The van der Waals surface area contributed by atoms with Gasteiger partial charge in [0.1, 0.15) is 11.0 Å². The zero-order chi connectivity index (χ0) is 25.1. The average molecular weight is 504 g/mol.